The van der Waals surface area contributed by atoms with Gasteiger partial charge in [-0.1, -0.05) is 23.7 Å². The number of nitro groups is 1. The predicted octanol–water partition coefficient (Wildman–Crippen LogP) is 3.54. The highest BCUT2D eigenvalue weighted by molar-refractivity contribution is 6.31. The maximum absolute atomic E-state index is 13.5. The van der Waals surface area contributed by atoms with E-state index in [1.165, 1.54) is 36.4 Å². The van der Waals surface area contributed by atoms with Crippen molar-refractivity contribution in [1.82, 2.24) is 0 Å². The molecule has 0 saturated heterocycles. The maximum atomic E-state index is 13.5. The zero-order valence-electron chi connectivity index (χ0n) is 10.6. The van der Waals surface area contributed by atoms with Gasteiger partial charge in [0, 0.05) is 16.7 Å². The lowest BCUT2D eigenvalue weighted by Gasteiger charge is -2.06. The fourth-order valence-electron chi connectivity index (χ4n) is 1.67. The summed E-state index contributed by atoms with van der Waals surface area (Å²) < 4.78 is 18.5. The van der Waals surface area contributed by atoms with Gasteiger partial charge < -0.3 is 4.74 Å². The molecule has 0 N–H and O–H groups in total. The van der Waals surface area contributed by atoms with E-state index in [2.05, 4.69) is 0 Å². The molecule has 7 heteroatoms. The Balaban J connectivity index is 2.12. The minimum atomic E-state index is -0.762. The Kier molecular flexibility index (Phi) is 4.49. The third-order valence-electron chi connectivity index (χ3n) is 2.64. The van der Waals surface area contributed by atoms with Crippen molar-refractivity contribution in [3.05, 3.63) is 69.0 Å². The lowest BCUT2D eigenvalue weighted by atomic mass is 10.1. The maximum Gasteiger partial charge on any atom is 0.315 e. The van der Waals surface area contributed by atoms with Crippen molar-refractivity contribution in [1.29, 1.82) is 0 Å². The zero-order valence-corrected chi connectivity index (χ0v) is 11.3. The first-order valence-electron chi connectivity index (χ1n) is 5.85. The summed E-state index contributed by atoms with van der Waals surface area (Å²) in [6, 6.07) is 9.23. The van der Waals surface area contributed by atoms with Gasteiger partial charge in [0.15, 0.2) is 0 Å². The predicted molar refractivity (Wildman–Crippen MR) is 73.8 cm³/mol. The third-order valence-corrected chi connectivity index (χ3v) is 3.00. The summed E-state index contributed by atoms with van der Waals surface area (Å²) in [6.45, 7) is 0. The molecule has 0 aliphatic rings. The summed E-state index contributed by atoms with van der Waals surface area (Å²) >= 11 is 5.81. The third kappa shape index (κ3) is 3.76. The smallest absolute Gasteiger partial charge is 0.315 e. The average Bonchev–Trinajstić information content (AvgIpc) is 2.43. The highest BCUT2D eigenvalue weighted by atomic mass is 35.5. The van der Waals surface area contributed by atoms with Gasteiger partial charge in [-0.2, -0.15) is 0 Å². The Bertz CT molecular complexity index is 685. The van der Waals surface area contributed by atoms with E-state index in [9.17, 15) is 19.3 Å². The van der Waals surface area contributed by atoms with Crippen molar-refractivity contribution in [3.8, 4) is 5.75 Å². The Morgan fingerprint density at radius 3 is 2.67 bits per heavy atom. The number of nitro benzene ring substituents is 1. The molecule has 108 valence electrons. The van der Waals surface area contributed by atoms with Crippen LogP contribution in [-0.2, 0) is 11.2 Å². The highest BCUT2D eigenvalue weighted by Gasteiger charge is 2.15. The van der Waals surface area contributed by atoms with Gasteiger partial charge >= 0.3 is 5.97 Å². The van der Waals surface area contributed by atoms with Crippen LogP contribution < -0.4 is 4.74 Å². The zero-order chi connectivity index (χ0) is 15.4. The van der Waals surface area contributed by atoms with E-state index < -0.39 is 16.7 Å². The molecule has 21 heavy (non-hydrogen) atoms. The number of carbonyl (C=O) groups excluding carboxylic acids is 1. The van der Waals surface area contributed by atoms with Crippen molar-refractivity contribution >= 4 is 23.3 Å². The standard InChI is InChI=1S/C14H9ClFNO4/c15-12-5-2-6-13(16)11(12)8-14(18)21-10-4-1-3-9(7-10)17(19)20/h1-7H,8H2. The molecule has 0 atom stereocenters. The Morgan fingerprint density at radius 2 is 2.00 bits per heavy atom. The van der Waals surface area contributed by atoms with Gasteiger partial charge in [-0.25, -0.2) is 4.39 Å². The number of rotatable bonds is 4. The van der Waals surface area contributed by atoms with Crippen molar-refractivity contribution in [3.63, 3.8) is 0 Å². The summed E-state index contributed by atoms with van der Waals surface area (Å²) in [6.07, 6.45) is -0.367. The average molecular weight is 310 g/mol. The topological polar surface area (TPSA) is 69.4 Å². The van der Waals surface area contributed by atoms with E-state index in [1.807, 2.05) is 0 Å². The number of esters is 1. The first-order valence-corrected chi connectivity index (χ1v) is 6.23. The Labute approximate surface area is 124 Å². The Hall–Kier alpha value is -2.47. The number of non-ortho nitro benzene ring substituents is 1. The molecule has 2 aromatic rings. The van der Waals surface area contributed by atoms with Gasteiger partial charge in [0.2, 0.25) is 0 Å². The van der Waals surface area contributed by atoms with E-state index in [4.69, 9.17) is 16.3 Å². The van der Waals surface area contributed by atoms with Gasteiger partial charge in [-0.3, -0.25) is 14.9 Å². The van der Waals surface area contributed by atoms with Crippen molar-refractivity contribution < 1.29 is 18.8 Å². The van der Waals surface area contributed by atoms with Crippen LogP contribution in [0.1, 0.15) is 5.56 Å². The lowest BCUT2D eigenvalue weighted by Crippen LogP contribution is -2.12. The first kappa shape index (κ1) is 14.9. The molecule has 0 amide bonds. The number of benzene rings is 2. The van der Waals surface area contributed by atoms with Crippen LogP contribution in [0.25, 0.3) is 0 Å². The SMILES string of the molecule is O=C(Cc1c(F)cccc1Cl)Oc1cccc([N+](=O)[O-])c1. The van der Waals surface area contributed by atoms with Gasteiger partial charge in [-0.15, -0.1) is 0 Å². The fourth-order valence-corrected chi connectivity index (χ4v) is 1.90. The minimum absolute atomic E-state index is 0.0154. The second-order valence-electron chi connectivity index (χ2n) is 4.11. The molecular formula is C14H9ClFNO4. The lowest BCUT2D eigenvalue weighted by molar-refractivity contribution is -0.384. The number of halogens is 2. The van der Waals surface area contributed by atoms with Crippen LogP contribution in [0.15, 0.2) is 42.5 Å². The number of nitrogens with zero attached hydrogens (tertiary/aromatic N) is 1. The molecule has 0 bridgehead atoms. The Morgan fingerprint density at radius 1 is 1.29 bits per heavy atom. The summed E-state index contributed by atoms with van der Waals surface area (Å²) in [5.41, 5.74) is -0.182. The first-order chi connectivity index (χ1) is 9.97. The molecule has 0 aliphatic heterocycles. The quantitative estimate of drug-likeness (QED) is 0.375. The number of hydrogen-bond acceptors (Lipinski definition) is 4. The fraction of sp³-hybridized carbons (Fsp3) is 0.0714. The van der Waals surface area contributed by atoms with E-state index in [1.54, 1.807) is 0 Å². The highest BCUT2D eigenvalue weighted by Crippen LogP contribution is 2.22. The molecule has 0 unspecified atom stereocenters. The van der Waals surface area contributed by atoms with Gasteiger partial charge in [-0.05, 0) is 18.2 Å². The number of hydrogen-bond donors (Lipinski definition) is 0. The van der Waals surface area contributed by atoms with E-state index >= 15 is 0 Å². The van der Waals surface area contributed by atoms with Crippen molar-refractivity contribution in [2.45, 2.75) is 6.42 Å². The molecule has 0 spiro atoms. The summed E-state index contributed by atoms with van der Waals surface area (Å²) in [4.78, 5) is 21.8. The normalized spacial score (nSPS) is 10.2. The summed E-state index contributed by atoms with van der Waals surface area (Å²) in [5, 5.41) is 10.7. The molecular weight excluding hydrogens is 301 g/mol. The molecule has 0 radical (unpaired) electrons. The number of carbonyl (C=O) groups is 1. The van der Waals surface area contributed by atoms with Crippen molar-refractivity contribution in [2.75, 3.05) is 0 Å². The van der Waals surface area contributed by atoms with Crippen LogP contribution in [0.4, 0.5) is 10.1 Å². The van der Waals surface area contributed by atoms with Gasteiger partial charge in [0.25, 0.3) is 5.69 Å². The largest absolute Gasteiger partial charge is 0.426 e. The van der Waals surface area contributed by atoms with E-state index in [0.29, 0.717) is 0 Å². The molecule has 5 nitrogen and oxygen atoms in total. The molecule has 0 fully saturated rings. The van der Waals surface area contributed by atoms with Gasteiger partial charge in [0.05, 0.1) is 17.4 Å². The molecule has 0 heterocycles. The van der Waals surface area contributed by atoms with E-state index in [-0.39, 0.29) is 28.4 Å². The van der Waals surface area contributed by atoms with Crippen LogP contribution in [0.3, 0.4) is 0 Å². The molecule has 0 aromatic heterocycles. The van der Waals surface area contributed by atoms with Gasteiger partial charge in [0.1, 0.15) is 11.6 Å². The number of ether oxygens (including phenoxy) is 1. The van der Waals surface area contributed by atoms with Crippen LogP contribution in [0.5, 0.6) is 5.75 Å². The van der Waals surface area contributed by atoms with Crippen LogP contribution in [0, 0.1) is 15.9 Å². The molecule has 0 aliphatic carbocycles. The van der Waals surface area contributed by atoms with Crippen molar-refractivity contribution in [2.24, 2.45) is 0 Å². The second-order valence-corrected chi connectivity index (χ2v) is 4.51. The second kappa shape index (κ2) is 6.32. The molecule has 2 aromatic carbocycles. The van der Waals surface area contributed by atoms with Crippen LogP contribution in [0.2, 0.25) is 5.02 Å². The summed E-state index contributed by atoms with van der Waals surface area (Å²) in [5.74, 6) is -1.36. The minimum Gasteiger partial charge on any atom is -0.426 e. The molecule has 0 saturated carbocycles. The monoisotopic (exact) mass is 309 g/mol. The van der Waals surface area contributed by atoms with Crippen LogP contribution in [-0.4, -0.2) is 10.9 Å². The summed E-state index contributed by atoms with van der Waals surface area (Å²) in [7, 11) is 0. The van der Waals surface area contributed by atoms with E-state index in [0.717, 1.165) is 6.07 Å². The molecule has 2 rings (SSSR count). The van der Waals surface area contributed by atoms with Crippen LogP contribution >= 0.6 is 11.6 Å².